The summed E-state index contributed by atoms with van der Waals surface area (Å²) < 4.78 is 49.6. The number of methoxy groups -OCH3 is 2. The van der Waals surface area contributed by atoms with Crippen LogP contribution in [0.2, 0.25) is 5.02 Å². The van der Waals surface area contributed by atoms with E-state index in [2.05, 4.69) is 10.2 Å². The third-order valence-electron chi connectivity index (χ3n) is 6.14. The molecule has 0 aliphatic carbocycles. The van der Waals surface area contributed by atoms with Gasteiger partial charge in [0.2, 0.25) is 0 Å². The van der Waals surface area contributed by atoms with E-state index in [9.17, 15) is 8.42 Å². The van der Waals surface area contributed by atoms with Crippen molar-refractivity contribution in [1.82, 2.24) is 14.8 Å². The first-order valence-corrected chi connectivity index (χ1v) is 14.1. The molecule has 2 atom stereocenters. The summed E-state index contributed by atoms with van der Waals surface area (Å²) in [7, 11) is -0.471. The summed E-state index contributed by atoms with van der Waals surface area (Å²) >= 11 is 6.48. The van der Waals surface area contributed by atoms with E-state index in [1.807, 2.05) is 54.8 Å². The van der Waals surface area contributed by atoms with Crippen molar-refractivity contribution in [2.75, 3.05) is 26.6 Å². The van der Waals surface area contributed by atoms with E-state index in [1.54, 1.807) is 21.1 Å². The minimum Gasteiger partial charge on any atom is -0.493 e. The molecule has 0 unspecified atom stereocenters. The average Bonchev–Trinajstić information content (AvgIpc) is 3.25. The number of nitrogens with zero attached hydrogens (tertiary/aromatic N) is 3. The monoisotopic (exact) mass is 549 g/mol. The number of hydrogen-bond acceptors (Lipinski definition) is 8. The standard InChI is InChI=1S/C26H32ClN3O6S/c1-6-14-37(31,32)35-13-12-22-26-29-28-25(16(2)3)30(26)20-11-10-17(27)15-19(20)23(36-22)18-8-7-9-21(33-4)24(18)34-5/h7-11,15-16,22-23H,6,12-14H2,1-5H3/t22-,23-/m0/s1. The topological polar surface area (TPSA) is 102 Å². The molecule has 2 aromatic carbocycles. The number of aromatic nitrogens is 3. The predicted octanol–water partition coefficient (Wildman–Crippen LogP) is 5.37. The largest absolute Gasteiger partial charge is 0.493 e. The molecule has 0 radical (unpaired) electrons. The first-order valence-electron chi connectivity index (χ1n) is 12.2. The first-order chi connectivity index (χ1) is 17.7. The van der Waals surface area contributed by atoms with E-state index in [0.717, 1.165) is 22.6 Å². The Hall–Kier alpha value is -2.66. The fourth-order valence-electron chi connectivity index (χ4n) is 4.52. The first kappa shape index (κ1) is 27.4. The highest BCUT2D eigenvalue weighted by Gasteiger charge is 2.36. The van der Waals surface area contributed by atoms with Crippen LogP contribution in [0.4, 0.5) is 0 Å². The van der Waals surface area contributed by atoms with Crippen LogP contribution in [0.5, 0.6) is 11.5 Å². The molecule has 9 nitrogen and oxygen atoms in total. The van der Waals surface area contributed by atoms with E-state index in [0.29, 0.717) is 28.8 Å². The maximum absolute atomic E-state index is 12.2. The lowest BCUT2D eigenvalue weighted by Crippen LogP contribution is -2.17. The second-order valence-corrected chi connectivity index (χ2v) is 11.3. The second-order valence-electron chi connectivity index (χ2n) is 9.07. The average molecular weight is 550 g/mol. The van der Waals surface area contributed by atoms with Gasteiger partial charge in [0.05, 0.1) is 32.3 Å². The SMILES string of the molecule is CCCS(=O)(=O)OCC[C@@H]1O[C@@H](c2cccc(OC)c2OC)c2cc(Cl)ccc2-n2c(C(C)C)nnc21. The molecule has 3 aromatic rings. The molecule has 2 heterocycles. The smallest absolute Gasteiger partial charge is 0.267 e. The summed E-state index contributed by atoms with van der Waals surface area (Å²) in [6.45, 7) is 5.81. The van der Waals surface area contributed by atoms with Gasteiger partial charge in [-0.2, -0.15) is 8.42 Å². The van der Waals surface area contributed by atoms with Gasteiger partial charge in [-0.25, -0.2) is 0 Å². The molecule has 0 N–H and O–H groups in total. The van der Waals surface area contributed by atoms with Crippen LogP contribution in [-0.2, 0) is 19.0 Å². The molecule has 1 aliphatic rings. The molecule has 0 saturated heterocycles. The fourth-order valence-corrected chi connectivity index (χ4v) is 5.67. The number of halogens is 1. The van der Waals surface area contributed by atoms with Crippen molar-refractivity contribution in [2.24, 2.45) is 0 Å². The van der Waals surface area contributed by atoms with Gasteiger partial charge in [0.15, 0.2) is 17.3 Å². The Morgan fingerprint density at radius 3 is 2.57 bits per heavy atom. The quantitative estimate of drug-likeness (QED) is 0.311. The number of ether oxygens (including phenoxy) is 3. The highest BCUT2D eigenvalue weighted by molar-refractivity contribution is 7.86. The number of fused-ring (bicyclic) bond motifs is 3. The number of benzene rings is 2. The summed E-state index contributed by atoms with van der Waals surface area (Å²) in [5, 5.41) is 9.49. The van der Waals surface area contributed by atoms with Gasteiger partial charge in [-0.3, -0.25) is 8.75 Å². The molecule has 37 heavy (non-hydrogen) atoms. The van der Waals surface area contributed by atoms with Crippen LogP contribution >= 0.6 is 11.6 Å². The Morgan fingerprint density at radius 1 is 1.11 bits per heavy atom. The molecule has 0 spiro atoms. The molecule has 4 rings (SSSR count). The summed E-state index contributed by atoms with van der Waals surface area (Å²) in [5.74, 6) is 2.43. The highest BCUT2D eigenvalue weighted by Crippen LogP contribution is 2.46. The van der Waals surface area contributed by atoms with Gasteiger partial charge >= 0.3 is 0 Å². The molecular weight excluding hydrogens is 518 g/mol. The zero-order valence-corrected chi connectivity index (χ0v) is 23.2. The number of rotatable bonds is 10. The maximum Gasteiger partial charge on any atom is 0.267 e. The number of hydrogen-bond donors (Lipinski definition) is 0. The van der Waals surface area contributed by atoms with Crippen LogP contribution in [0, 0.1) is 0 Å². The van der Waals surface area contributed by atoms with Crippen molar-refractivity contribution in [1.29, 1.82) is 0 Å². The molecule has 1 aliphatic heterocycles. The van der Waals surface area contributed by atoms with E-state index >= 15 is 0 Å². The summed E-state index contributed by atoms with van der Waals surface area (Å²) in [5.41, 5.74) is 2.36. The lowest BCUT2D eigenvalue weighted by Gasteiger charge is -2.25. The number of para-hydroxylation sites is 1. The zero-order valence-electron chi connectivity index (χ0n) is 21.6. The van der Waals surface area contributed by atoms with Gasteiger partial charge in [0.25, 0.3) is 10.1 Å². The van der Waals surface area contributed by atoms with Crippen LogP contribution in [0.1, 0.15) is 74.5 Å². The summed E-state index contributed by atoms with van der Waals surface area (Å²) in [4.78, 5) is 0. The molecule has 1 aromatic heterocycles. The molecule has 200 valence electrons. The van der Waals surface area contributed by atoms with Crippen molar-refractivity contribution in [3.05, 3.63) is 64.2 Å². The van der Waals surface area contributed by atoms with Gasteiger partial charge in [0.1, 0.15) is 18.0 Å². The minimum atomic E-state index is -3.62. The van der Waals surface area contributed by atoms with Gasteiger partial charge in [-0.1, -0.05) is 44.5 Å². The minimum absolute atomic E-state index is 0.0419. The van der Waals surface area contributed by atoms with E-state index < -0.39 is 22.3 Å². The Balaban J connectivity index is 1.87. The van der Waals surface area contributed by atoms with Crippen LogP contribution in [-0.4, -0.2) is 49.8 Å². The molecule has 0 amide bonds. The fraction of sp³-hybridized carbons (Fsp3) is 0.462. The lowest BCUT2D eigenvalue weighted by molar-refractivity contribution is -0.00774. The van der Waals surface area contributed by atoms with Crippen molar-refractivity contribution < 1.29 is 26.8 Å². The summed E-state index contributed by atoms with van der Waals surface area (Å²) in [6.07, 6.45) is -0.548. The summed E-state index contributed by atoms with van der Waals surface area (Å²) in [6, 6.07) is 11.2. The molecule has 0 bridgehead atoms. The van der Waals surface area contributed by atoms with Crippen molar-refractivity contribution in [3.8, 4) is 17.2 Å². The van der Waals surface area contributed by atoms with Crippen molar-refractivity contribution in [2.45, 2.75) is 51.7 Å². The van der Waals surface area contributed by atoms with Gasteiger partial charge in [0, 0.05) is 28.5 Å². The maximum atomic E-state index is 12.2. The van der Waals surface area contributed by atoms with Gasteiger partial charge in [-0.05, 0) is 30.7 Å². The zero-order chi connectivity index (χ0) is 26.7. The van der Waals surface area contributed by atoms with Crippen LogP contribution in [0.15, 0.2) is 36.4 Å². The molecular formula is C26H32ClN3O6S. The van der Waals surface area contributed by atoms with Crippen LogP contribution in [0.3, 0.4) is 0 Å². The predicted molar refractivity (Wildman–Crippen MR) is 140 cm³/mol. The Bertz CT molecular complexity index is 1360. The van der Waals surface area contributed by atoms with Gasteiger partial charge < -0.3 is 14.2 Å². The molecule has 11 heteroatoms. The third kappa shape index (κ3) is 5.62. The molecule has 0 fully saturated rings. The Kier molecular flexibility index (Phi) is 8.42. The Morgan fingerprint density at radius 2 is 1.89 bits per heavy atom. The normalized spacial score (nSPS) is 17.3. The highest BCUT2D eigenvalue weighted by atomic mass is 35.5. The Labute approximate surface area is 222 Å². The van der Waals surface area contributed by atoms with Crippen LogP contribution in [0.25, 0.3) is 5.69 Å². The second kappa shape index (κ2) is 11.4. The van der Waals surface area contributed by atoms with Crippen LogP contribution < -0.4 is 9.47 Å². The van der Waals surface area contributed by atoms with E-state index in [1.165, 1.54) is 0 Å². The van der Waals surface area contributed by atoms with Gasteiger partial charge in [-0.15, -0.1) is 10.2 Å². The third-order valence-corrected chi connectivity index (χ3v) is 7.81. The lowest BCUT2D eigenvalue weighted by atomic mass is 9.98. The van der Waals surface area contributed by atoms with E-state index in [-0.39, 0.29) is 24.7 Å². The van der Waals surface area contributed by atoms with Crippen molar-refractivity contribution in [3.63, 3.8) is 0 Å². The van der Waals surface area contributed by atoms with E-state index in [4.69, 9.17) is 30.0 Å². The molecule has 0 saturated carbocycles. The van der Waals surface area contributed by atoms with Crippen molar-refractivity contribution >= 4 is 21.7 Å².